The largest absolute Gasteiger partial charge is 0.315 e. The van der Waals surface area contributed by atoms with E-state index in [1.165, 1.54) is 4.31 Å². The first-order valence-corrected chi connectivity index (χ1v) is 8.47. The van der Waals surface area contributed by atoms with Crippen LogP contribution in [0.15, 0.2) is 17.0 Å². The molecule has 0 bridgehead atoms. The van der Waals surface area contributed by atoms with Crippen molar-refractivity contribution in [3.05, 3.63) is 29.3 Å². The van der Waals surface area contributed by atoms with Crippen LogP contribution in [0.4, 0.5) is 8.78 Å². The number of nitrogens with one attached hydrogen (secondary N) is 1. The minimum absolute atomic E-state index is 0.0589. The zero-order valence-electron chi connectivity index (χ0n) is 12.2. The minimum Gasteiger partial charge on any atom is -0.315 e. The summed E-state index contributed by atoms with van der Waals surface area (Å²) in [6.45, 7) is 2.13. The highest BCUT2D eigenvalue weighted by Gasteiger charge is 2.34. The maximum Gasteiger partial charge on any atom is 0.246 e. The zero-order valence-corrected chi connectivity index (χ0v) is 13.0. The molecule has 1 atom stereocenters. The van der Waals surface area contributed by atoms with E-state index in [9.17, 15) is 17.2 Å². The Morgan fingerprint density at radius 2 is 2.05 bits per heavy atom. The monoisotopic (exact) mass is 318 g/mol. The van der Waals surface area contributed by atoms with Crippen molar-refractivity contribution in [2.24, 2.45) is 0 Å². The number of hydrogen-bond donors (Lipinski definition) is 1. The molecule has 0 saturated carbocycles. The van der Waals surface area contributed by atoms with Gasteiger partial charge in [-0.25, -0.2) is 17.2 Å². The van der Waals surface area contributed by atoms with E-state index in [1.807, 2.05) is 6.92 Å². The molecule has 1 saturated heterocycles. The topological polar surface area (TPSA) is 49.4 Å². The summed E-state index contributed by atoms with van der Waals surface area (Å²) in [4.78, 5) is -0.442. The molecule has 118 valence electrons. The molecule has 1 aromatic rings. The fourth-order valence-electron chi connectivity index (χ4n) is 2.67. The van der Waals surface area contributed by atoms with E-state index >= 15 is 0 Å². The van der Waals surface area contributed by atoms with Gasteiger partial charge in [0, 0.05) is 24.7 Å². The third kappa shape index (κ3) is 3.09. The summed E-state index contributed by atoms with van der Waals surface area (Å²) in [5, 5.41) is 2.64. The van der Waals surface area contributed by atoms with Crippen LogP contribution in [0.3, 0.4) is 0 Å². The first-order valence-electron chi connectivity index (χ1n) is 7.03. The molecule has 0 amide bonds. The van der Waals surface area contributed by atoms with Crippen molar-refractivity contribution >= 4 is 10.0 Å². The van der Waals surface area contributed by atoms with Gasteiger partial charge in [-0.1, -0.05) is 6.42 Å². The minimum atomic E-state index is -3.94. The second-order valence-corrected chi connectivity index (χ2v) is 7.19. The van der Waals surface area contributed by atoms with Crippen LogP contribution in [-0.2, 0) is 16.6 Å². The maximum absolute atomic E-state index is 14.4. The van der Waals surface area contributed by atoms with Gasteiger partial charge in [0.2, 0.25) is 10.0 Å². The highest BCUT2D eigenvalue weighted by atomic mass is 32.2. The first-order chi connectivity index (χ1) is 9.89. The van der Waals surface area contributed by atoms with Crippen LogP contribution in [0.1, 0.15) is 31.7 Å². The van der Waals surface area contributed by atoms with Crippen molar-refractivity contribution in [2.45, 2.75) is 43.7 Å². The summed E-state index contributed by atoms with van der Waals surface area (Å²) in [5.41, 5.74) is -0.247. The van der Waals surface area contributed by atoms with E-state index < -0.39 is 26.6 Å². The van der Waals surface area contributed by atoms with Crippen molar-refractivity contribution in [3.63, 3.8) is 0 Å². The highest BCUT2D eigenvalue weighted by molar-refractivity contribution is 7.89. The molecule has 1 aromatic carbocycles. The molecule has 1 heterocycles. The molecule has 0 aromatic heterocycles. The van der Waals surface area contributed by atoms with Crippen LogP contribution in [0.2, 0.25) is 0 Å². The van der Waals surface area contributed by atoms with Gasteiger partial charge in [-0.15, -0.1) is 0 Å². The lowest BCUT2D eigenvalue weighted by Gasteiger charge is -2.32. The van der Waals surface area contributed by atoms with Crippen LogP contribution in [0.5, 0.6) is 0 Å². The van der Waals surface area contributed by atoms with Crippen molar-refractivity contribution in [1.82, 2.24) is 9.62 Å². The number of hydrogen-bond acceptors (Lipinski definition) is 3. The van der Waals surface area contributed by atoms with Gasteiger partial charge in [0.1, 0.15) is 10.7 Å². The molecule has 21 heavy (non-hydrogen) atoms. The number of benzene rings is 1. The van der Waals surface area contributed by atoms with Crippen LogP contribution >= 0.6 is 0 Å². The lowest BCUT2D eigenvalue weighted by Crippen LogP contribution is -2.42. The number of nitrogens with zero attached hydrogens (tertiary/aromatic N) is 1. The van der Waals surface area contributed by atoms with Gasteiger partial charge in [0.05, 0.1) is 0 Å². The Kier molecular flexibility index (Phi) is 4.95. The summed E-state index contributed by atoms with van der Waals surface area (Å²) in [5.74, 6) is -1.74. The Balaban J connectivity index is 2.47. The van der Waals surface area contributed by atoms with Crippen molar-refractivity contribution in [3.8, 4) is 0 Å². The second kappa shape index (κ2) is 6.37. The van der Waals surface area contributed by atoms with E-state index in [0.717, 1.165) is 31.4 Å². The third-order valence-electron chi connectivity index (χ3n) is 3.83. The van der Waals surface area contributed by atoms with E-state index in [1.54, 1.807) is 7.05 Å². The molecule has 1 aliphatic heterocycles. The molecular formula is C14H20F2N2O2S. The van der Waals surface area contributed by atoms with Gasteiger partial charge < -0.3 is 5.32 Å². The molecule has 2 rings (SSSR count). The molecular weight excluding hydrogens is 298 g/mol. The van der Waals surface area contributed by atoms with Gasteiger partial charge in [0.15, 0.2) is 5.82 Å². The van der Waals surface area contributed by atoms with Crippen molar-refractivity contribution in [1.29, 1.82) is 0 Å². The smallest absolute Gasteiger partial charge is 0.246 e. The Morgan fingerprint density at radius 3 is 2.67 bits per heavy atom. The fourth-order valence-corrected chi connectivity index (χ4v) is 4.46. The molecule has 1 aliphatic rings. The Morgan fingerprint density at radius 1 is 1.33 bits per heavy atom. The number of piperidine rings is 1. The zero-order chi connectivity index (χ0) is 15.6. The molecule has 1 fully saturated rings. The normalized spacial score (nSPS) is 20.7. The SMILES string of the molecule is CNCc1c(F)ccc(S(=O)(=O)N2CCCCC2C)c1F. The summed E-state index contributed by atoms with van der Waals surface area (Å²) < 4.78 is 54.6. The summed E-state index contributed by atoms with van der Waals surface area (Å²) in [6, 6.07) is 1.86. The Hall–Kier alpha value is -1.05. The molecule has 0 aliphatic carbocycles. The standard InChI is InChI=1S/C14H20F2N2O2S/c1-10-5-3-4-8-18(10)21(19,20)13-7-6-12(15)11(9-17-2)14(13)16/h6-7,10,17H,3-5,8-9H2,1-2H3. The average molecular weight is 318 g/mol. The number of rotatable bonds is 4. The van der Waals surface area contributed by atoms with Crippen molar-refractivity contribution in [2.75, 3.05) is 13.6 Å². The van der Waals surface area contributed by atoms with Gasteiger partial charge in [-0.2, -0.15) is 4.31 Å². The number of sulfonamides is 1. The summed E-state index contributed by atoms with van der Waals surface area (Å²) in [6.07, 6.45) is 2.48. The fraction of sp³-hybridized carbons (Fsp3) is 0.571. The lowest BCUT2D eigenvalue weighted by molar-refractivity contribution is 0.267. The molecule has 1 unspecified atom stereocenters. The quantitative estimate of drug-likeness (QED) is 0.926. The molecule has 4 nitrogen and oxygen atoms in total. The first kappa shape index (κ1) is 16.3. The Labute approximate surface area is 124 Å². The lowest BCUT2D eigenvalue weighted by atomic mass is 10.1. The van der Waals surface area contributed by atoms with E-state index in [-0.39, 0.29) is 18.2 Å². The van der Waals surface area contributed by atoms with Gasteiger partial charge in [-0.05, 0) is 38.9 Å². The summed E-state index contributed by atoms with van der Waals surface area (Å²) >= 11 is 0. The molecule has 0 spiro atoms. The van der Waals surface area contributed by atoms with Crippen molar-refractivity contribution < 1.29 is 17.2 Å². The van der Waals surface area contributed by atoms with E-state index in [2.05, 4.69) is 5.32 Å². The highest BCUT2D eigenvalue weighted by Crippen LogP contribution is 2.28. The van der Waals surface area contributed by atoms with Crippen LogP contribution in [0.25, 0.3) is 0 Å². The maximum atomic E-state index is 14.4. The molecule has 7 heteroatoms. The van der Waals surface area contributed by atoms with Crippen LogP contribution in [-0.4, -0.2) is 32.4 Å². The van der Waals surface area contributed by atoms with Crippen LogP contribution in [0, 0.1) is 11.6 Å². The third-order valence-corrected chi connectivity index (χ3v) is 5.86. The van der Waals surface area contributed by atoms with Crippen LogP contribution < -0.4 is 5.32 Å². The second-order valence-electron chi connectivity index (χ2n) is 5.33. The summed E-state index contributed by atoms with van der Waals surface area (Å²) in [7, 11) is -2.39. The van der Waals surface area contributed by atoms with Gasteiger partial charge in [-0.3, -0.25) is 0 Å². The van der Waals surface area contributed by atoms with E-state index in [4.69, 9.17) is 0 Å². The molecule has 0 radical (unpaired) electrons. The van der Waals surface area contributed by atoms with E-state index in [0.29, 0.717) is 6.54 Å². The number of halogens is 2. The molecule has 1 N–H and O–H groups in total. The van der Waals surface area contributed by atoms with Gasteiger partial charge in [0.25, 0.3) is 0 Å². The predicted octanol–water partition coefficient (Wildman–Crippen LogP) is 2.25. The van der Waals surface area contributed by atoms with Gasteiger partial charge >= 0.3 is 0 Å². The average Bonchev–Trinajstić information content (AvgIpc) is 2.43. The predicted molar refractivity (Wildman–Crippen MR) is 76.3 cm³/mol. The Bertz CT molecular complexity index is 620.